The summed E-state index contributed by atoms with van der Waals surface area (Å²) in [4.78, 5) is 13.5. The summed E-state index contributed by atoms with van der Waals surface area (Å²) < 4.78 is 2.22. The van der Waals surface area contributed by atoms with E-state index in [4.69, 9.17) is 4.98 Å². The normalized spacial score (nSPS) is 11.9. The Hall–Kier alpha value is -3.01. The van der Waals surface area contributed by atoms with Crippen molar-refractivity contribution < 1.29 is 0 Å². The van der Waals surface area contributed by atoms with Gasteiger partial charge in [0.15, 0.2) is 0 Å². The Balaban J connectivity index is 2.19. The highest BCUT2D eigenvalue weighted by molar-refractivity contribution is 6.13. The number of benzene rings is 2. The highest BCUT2D eigenvalue weighted by atomic mass is 15.0. The van der Waals surface area contributed by atoms with E-state index >= 15 is 0 Å². The van der Waals surface area contributed by atoms with Gasteiger partial charge in [0.1, 0.15) is 12.0 Å². The van der Waals surface area contributed by atoms with Gasteiger partial charge in [-0.05, 0) is 36.8 Å². The topological polar surface area (TPSA) is 43.1 Å². The van der Waals surface area contributed by atoms with Crippen molar-refractivity contribution in [2.45, 2.75) is 13.8 Å². The Morgan fingerprint density at radius 3 is 2.57 bits per heavy atom. The maximum absolute atomic E-state index is 4.75. The smallest absolute Gasteiger partial charge is 0.148 e. The van der Waals surface area contributed by atoms with E-state index < -0.39 is 0 Å². The number of imidazole rings is 1. The maximum Gasteiger partial charge on any atom is 0.148 e. The monoisotopic (exact) mass is 298 g/mol. The summed E-state index contributed by atoms with van der Waals surface area (Å²) in [5.74, 6) is 0. The molecular formula is C19H14N4. The molecule has 3 aromatic heterocycles. The second kappa shape index (κ2) is 4.26. The molecule has 2 aromatic carbocycles. The van der Waals surface area contributed by atoms with Crippen LogP contribution in [0, 0.1) is 13.8 Å². The predicted octanol–water partition coefficient (Wildman–Crippen LogP) is 4.20. The minimum atomic E-state index is 0.929. The van der Waals surface area contributed by atoms with E-state index in [1.807, 2.05) is 13.1 Å². The summed E-state index contributed by atoms with van der Waals surface area (Å²) in [5.41, 5.74) is 5.22. The summed E-state index contributed by atoms with van der Waals surface area (Å²) >= 11 is 0. The molecule has 4 nitrogen and oxygen atoms in total. The second-order valence-electron chi connectivity index (χ2n) is 5.94. The molecule has 0 unspecified atom stereocenters. The Morgan fingerprint density at radius 1 is 0.957 bits per heavy atom. The number of pyridine rings is 1. The molecule has 0 aliphatic carbocycles. The number of hydrogen-bond acceptors (Lipinski definition) is 3. The average Bonchev–Trinajstić information content (AvgIpc) is 2.89. The summed E-state index contributed by atoms with van der Waals surface area (Å²) in [6.45, 7) is 4.16. The quantitative estimate of drug-likeness (QED) is 0.318. The third-order valence-electron chi connectivity index (χ3n) is 4.66. The van der Waals surface area contributed by atoms with Crippen molar-refractivity contribution in [3.05, 3.63) is 60.3 Å². The Kier molecular flexibility index (Phi) is 2.32. The van der Waals surface area contributed by atoms with Crippen LogP contribution in [-0.4, -0.2) is 19.4 Å². The molecule has 0 aliphatic rings. The molecule has 0 saturated heterocycles. The van der Waals surface area contributed by atoms with Crippen molar-refractivity contribution in [2.24, 2.45) is 0 Å². The van der Waals surface area contributed by atoms with Crippen molar-refractivity contribution in [3.8, 4) is 0 Å². The zero-order chi connectivity index (χ0) is 15.6. The van der Waals surface area contributed by atoms with Gasteiger partial charge < -0.3 is 0 Å². The van der Waals surface area contributed by atoms with Gasteiger partial charge in [0.2, 0.25) is 0 Å². The molecule has 110 valence electrons. The molecule has 0 atom stereocenters. The van der Waals surface area contributed by atoms with Crippen molar-refractivity contribution >= 4 is 38.2 Å². The van der Waals surface area contributed by atoms with E-state index in [-0.39, 0.29) is 0 Å². The molecule has 5 rings (SSSR count). The van der Waals surface area contributed by atoms with Crippen LogP contribution in [0.5, 0.6) is 0 Å². The molecule has 0 radical (unpaired) electrons. The summed E-state index contributed by atoms with van der Waals surface area (Å²) in [7, 11) is 0. The molecule has 0 aliphatic heterocycles. The fraction of sp³-hybridized carbons (Fsp3) is 0.105. The fourth-order valence-electron chi connectivity index (χ4n) is 3.40. The van der Waals surface area contributed by atoms with Crippen molar-refractivity contribution in [3.63, 3.8) is 0 Å². The number of aryl methyl sites for hydroxylation is 2. The molecule has 0 bridgehead atoms. The minimum Gasteiger partial charge on any atom is -0.296 e. The molecule has 3 heterocycles. The molecular weight excluding hydrogens is 284 g/mol. The van der Waals surface area contributed by atoms with Crippen LogP contribution < -0.4 is 0 Å². The molecule has 0 fully saturated rings. The van der Waals surface area contributed by atoms with Crippen LogP contribution in [0.25, 0.3) is 38.2 Å². The number of nitrogens with zero attached hydrogens (tertiary/aromatic N) is 4. The highest BCUT2D eigenvalue weighted by Crippen LogP contribution is 2.32. The molecule has 23 heavy (non-hydrogen) atoms. The molecule has 4 heteroatoms. The zero-order valence-electron chi connectivity index (χ0n) is 12.9. The zero-order valence-corrected chi connectivity index (χ0v) is 12.9. The lowest BCUT2D eigenvalue weighted by Gasteiger charge is -2.10. The van der Waals surface area contributed by atoms with Gasteiger partial charge in [0.25, 0.3) is 0 Å². The van der Waals surface area contributed by atoms with Crippen LogP contribution in [0.2, 0.25) is 0 Å². The standard InChI is InChI=1S/C19H14N4/c1-11-12(2)23-17-8-14-6-4-3-5-13(14)7-15(17)18-16(19(23)22-11)9-20-10-21-18/h3-10H,1-2H3. The number of rotatable bonds is 0. The Morgan fingerprint density at radius 2 is 1.74 bits per heavy atom. The van der Waals surface area contributed by atoms with Gasteiger partial charge in [0.05, 0.1) is 22.1 Å². The van der Waals surface area contributed by atoms with Gasteiger partial charge in [-0.1, -0.05) is 24.3 Å². The highest BCUT2D eigenvalue weighted by Gasteiger charge is 2.15. The first-order valence-electron chi connectivity index (χ1n) is 7.64. The van der Waals surface area contributed by atoms with Crippen LogP contribution in [-0.2, 0) is 0 Å². The van der Waals surface area contributed by atoms with Crippen molar-refractivity contribution in [2.75, 3.05) is 0 Å². The predicted molar refractivity (Wildman–Crippen MR) is 92.8 cm³/mol. The fourth-order valence-corrected chi connectivity index (χ4v) is 3.40. The first-order valence-corrected chi connectivity index (χ1v) is 7.64. The van der Waals surface area contributed by atoms with Gasteiger partial charge in [-0.2, -0.15) is 0 Å². The van der Waals surface area contributed by atoms with E-state index in [0.29, 0.717) is 0 Å². The summed E-state index contributed by atoms with van der Waals surface area (Å²) in [6, 6.07) is 12.9. The second-order valence-corrected chi connectivity index (χ2v) is 5.94. The Labute approximate surface area is 132 Å². The lowest BCUT2D eigenvalue weighted by atomic mass is 10.0. The third-order valence-corrected chi connectivity index (χ3v) is 4.66. The van der Waals surface area contributed by atoms with E-state index in [0.717, 1.165) is 38.8 Å². The van der Waals surface area contributed by atoms with Gasteiger partial charge in [-0.25, -0.2) is 15.0 Å². The lowest BCUT2D eigenvalue weighted by molar-refractivity contribution is 1.14. The van der Waals surface area contributed by atoms with Crippen LogP contribution in [0.15, 0.2) is 48.9 Å². The van der Waals surface area contributed by atoms with Crippen LogP contribution in [0.4, 0.5) is 0 Å². The molecule has 0 saturated carbocycles. The van der Waals surface area contributed by atoms with E-state index in [9.17, 15) is 0 Å². The first-order chi connectivity index (χ1) is 11.2. The van der Waals surface area contributed by atoms with Crippen LogP contribution in [0.3, 0.4) is 0 Å². The third kappa shape index (κ3) is 1.58. The van der Waals surface area contributed by atoms with Crippen molar-refractivity contribution in [1.82, 2.24) is 19.4 Å². The number of hydrogen-bond donors (Lipinski definition) is 0. The van der Waals surface area contributed by atoms with Gasteiger partial charge in [-0.15, -0.1) is 0 Å². The SMILES string of the molecule is Cc1nc2c3cncnc3c3cc4ccccc4cc3n2c1C. The molecule has 5 aromatic rings. The summed E-state index contributed by atoms with van der Waals surface area (Å²) in [6.07, 6.45) is 3.47. The summed E-state index contributed by atoms with van der Waals surface area (Å²) in [5, 5.41) is 4.56. The molecule has 0 N–H and O–H groups in total. The first kappa shape index (κ1) is 12.5. The van der Waals surface area contributed by atoms with E-state index in [1.165, 1.54) is 10.8 Å². The van der Waals surface area contributed by atoms with Gasteiger partial charge in [-0.3, -0.25) is 4.40 Å². The molecule has 0 spiro atoms. The Bertz CT molecular complexity index is 1230. The number of fused-ring (bicyclic) bond motifs is 7. The van der Waals surface area contributed by atoms with Crippen LogP contribution in [0.1, 0.15) is 11.4 Å². The average molecular weight is 298 g/mol. The van der Waals surface area contributed by atoms with E-state index in [2.05, 4.69) is 57.7 Å². The molecule has 0 amide bonds. The van der Waals surface area contributed by atoms with E-state index in [1.54, 1.807) is 6.33 Å². The number of aromatic nitrogens is 4. The van der Waals surface area contributed by atoms with Crippen LogP contribution >= 0.6 is 0 Å². The minimum absolute atomic E-state index is 0.929. The van der Waals surface area contributed by atoms with Gasteiger partial charge >= 0.3 is 0 Å². The van der Waals surface area contributed by atoms with Crippen molar-refractivity contribution in [1.29, 1.82) is 0 Å². The maximum atomic E-state index is 4.75. The lowest BCUT2D eigenvalue weighted by Crippen LogP contribution is -1.95. The largest absolute Gasteiger partial charge is 0.296 e. The van der Waals surface area contributed by atoms with Gasteiger partial charge in [0, 0.05) is 17.3 Å².